The number of nitrogens with zero attached hydrogens (tertiary/aromatic N) is 1. The summed E-state index contributed by atoms with van der Waals surface area (Å²) < 4.78 is 0. The summed E-state index contributed by atoms with van der Waals surface area (Å²) in [6.45, 7) is 2.00. The highest BCUT2D eigenvalue weighted by molar-refractivity contribution is 5.52. The van der Waals surface area contributed by atoms with Crippen molar-refractivity contribution >= 4 is 5.69 Å². The van der Waals surface area contributed by atoms with Gasteiger partial charge in [0, 0.05) is 11.7 Å². The Morgan fingerprint density at radius 1 is 1.11 bits per heavy atom. The minimum Gasteiger partial charge on any atom is -0.382 e. The van der Waals surface area contributed by atoms with Crippen LogP contribution in [-0.4, -0.2) is 6.04 Å². The number of nitriles is 1. The van der Waals surface area contributed by atoms with Gasteiger partial charge in [-0.05, 0) is 43.5 Å². The molecule has 2 nitrogen and oxygen atoms in total. The van der Waals surface area contributed by atoms with Gasteiger partial charge in [-0.1, -0.05) is 32.1 Å². The van der Waals surface area contributed by atoms with Gasteiger partial charge in [0.15, 0.2) is 0 Å². The quantitative estimate of drug-likeness (QED) is 0.834. The molecule has 0 unspecified atom stereocenters. The van der Waals surface area contributed by atoms with E-state index in [0.29, 0.717) is 6.04 Å². The standard InChI is InChI=1S/C16H22N2/c1-13-11-16(10-9-14(13)12-17)18-15-7-5-3-2-4-6-8-15/h9-11,15,18H,2-8H2,1H3. The lowest BCUT2D eigenvalue weighted by Gasteiger charge is -2.22. The van der Waals surface area contributed by atoms with Gasteiger partial charge >= 0.3 is 0 Å². The average Bonchev–Trinajstić information content (AvgIpc) is 2.33. The largest absolute Gasteiger partial charge is 0.382 e. The minimum absolute atomic E-state index is 0.609. The fraction of sp³-hybridized carbons (Fsp3) is 0.562. The van der Waals surface area contributed by atoms with Crippen molar-refractivity contribution in [1.29, 1.82) is 5.26 Å². The summed E-state index contributed by atoms with van der Waals surface area (Å²) in [6, 6.07) is 8.87. The van der Waals surface area contributed by atoms with Crippen LogP contribution in [0.15, 0.2) is 18.2 Å². The molecule has 1 saturated carbocycles. The molecular formula is C16H22N2. The maximum absolute atomic E-state index is 8.93. The molecule has 0 bridgehead atoms. The first-order chi connectivity index (χ1) is 8.79. The number of aryl methyl sites for hydroxylation is 1. The van der Waals surface area contributed by atoms with Gasteiger partial charge in [0.25, 0.3) is 0 Å². The predicted octanol–water partition coefficient (Wildman–Crippen LogP) is 4.39. The molecule has 1 aromatic carbocycles. The average molecular weight is 242 g/mol. The van der Waals surface area contributed by atoms with Gasteiger partial charge in [-0.25, -0.2) is 0 Å². The third-order valence-corrected chi connectivity index (χ3v) is 3.82. The second-order valence-corrected chi connectivity index (χ2v) is 5.33. The zero-order chi connectivity index (χ0) is 12.8. The predicted molar refractivity (Wildman–Crippen MR) is 75.6 cm³/mol. The molecule has 0 atom stereocenters. The Bertz CT molecular complexity index is 423. The Kier molecular flexibility index (Phi) is 4.64. The van der Waals surface area contributed by atoms with Gasteiger partial charge in [0.2, 0.25) is 0 Å². The van der Waals surface area contributed by atoms with E-state index in [4.69, 9.17) is 5.26 Å². The highest BCUT2D eigenvalue weighted by atomic mass is 14.9. The molecule has 96 valence electrons. The Hall–Kier alpha value is -1.49. The van der Waals surface area contributed by atoms with E-state index < -0.39 is 0 Å². The lowest BCUT2D eigenvalue weighted by atomic mass is 9.96. The van der Waals surface area contributed by atoms with E-state index in [1.807, 2.05) is 19.1 Å². The molecule has 2 rings (SSSR count). The van der Waals surface area contributed by atoms with Crippen molar-refractivity contribution in [2.24, 2.45) is 0 Å². The van der Waals surface area contributed by atoms with Gasteiger partial charge < -0.3 is 5.32 Å². The highest BCUT2D eigenvalue weighted by Crippen LogP contribution is 2.22. The number of nitrogens with one attached hydrogen (secondary N) is 1. The van der Waals surface area contributed by atoms with Crippen molar-refractivity contribution in [2.75, 3.05) is 5.32 Å². The SMILES string of the molecule is Cc1cc(NC2CCCCCCC2)ccc1C#N. The topological polar surface area (TPSA) is 35.8 Å². The summed E-state index contributed by atoms with van der Waals surface area (Å²) in [4.78, 5) is 0. The minimum atomic E-state index is 0.609. The maximum Gasteiger partial charge on any atom is 0.0994 e. The van der Waals surface area contributed by atoms with Crippen LogP contribution in [0.1, 0.15) is 56.1 Å². The van der Waals surface area contributed by atoms with Crippen LogP contribution in [0.4, 0.5) is 5.69 Å². The number of anilines is 1. The summed E-state index contributed by atoms with van der Waals surface area (Å²) >= 11 is 0. The molecule has 0 amide bonds. The first-order valence-electron chi connectivity index (χ1n) is 7.07. The van der Waals surface area contributed by atoms with Crippen LogP contribution in [0.5, 0.6) is 0 Å². The summed E-state index contributed by atoms with van der Waals surface area (Å²) in [5, 5.41) is 12.6. The summed E-state index contributed by atoms with van der Waals surface area (Å²) in [7, 11) is 0. The monoisotopic (exact) mass is 242 g/mol. The Morgan fingerprint density at radius 2 is 1.78 bits per heavy atom. The maximum atomic E-state index is 8.93. The normalized spacial score (nSPS) is 17.6. The second kappa shape index (κ2) is 6.44. The van der Waals surface area contributed by atoms with E-state index in [0.717, 1.165) is 16.8 Å². The molecule has 0 aliphatic heterocycles. The van der Waals surface area contributed by atoms with E-state index >= 15 is 0 Å². The smallest absolute Gasteiger partial charge is 0.0994 e. The molecule has 2 heteroatoms. The molecule has 0 spiro atoms. The summed E-state index contributed by atoms with van der Waals surface area (Å²) in [6.07, 6.45) is 9.40. The molecule has 1 N–H and O–H groups in total. The van der Waals surface area contributed by atoms with Crippen LogP contribution < -0.4 is 5.32 Å². The third kappa shape index (κ3) is 3.50. The van der Waals surface area contributed by atoms with Crippen LogP contribution in [0.2, 0.25) is 0 Å². The highest BCUT2D eigenvalue weighted by Gasteiger charge is 2.11. The van der Waals surface area contributed by atoms with E-state index in [9.17, 15) is 0 Å². The molecule has 0 radical (unpaired) electrons. The number of benzene rings is 1. The lowest BCUT2D eigenvalue weighted by molar-refractivity contribution is 0.471. The number of hydrogen-bond acceptors (Lipinski definition) is 2. The molecule has 1 aromatic rings. The zero-order valence-corrected chi connectivity index (χ0v) is 11.2. The van der Waals surface area contributed by atoms with E-state index in [1.54, 1.807) is 0 Å². The number of rotatable bonds is 2. The Balaban J connectivity index is 1.99. The van der Waals surface area contributed by atoms with E-state index in [1.165, 1.54) is 44.9 Å². The lowest BCUT2D eigenvalue weighted by Crippen LogP contribution is -2.20. The number of hydrogen-bond donors (Lipinski definition) is 1. The Labute approximate surface area is 110 Å². The fourth-order valence-electron chi connectivity index (χ4n) is 2.72. The van der Waals surface area contributed by atoms with Crippen molar-refractivity contribution in [1.82, 2.24) is 0 Å². The van der Waals surface area contributed by atoms with E-state index in [2.05, 4.69) is 17.5 Å². The summed E-state index contributed by atoms with van der Waals surface area (Å²) in [5.41, 5.74) is 3.00. The molecule has 0 aromatic heterocycles. The molecule has 18 heavy (non-hydrogen) atoms. The zero-order valence-electron chi connectivity index (χ0n) is 11.2. The first kappa shape index (κ1) is 13.0. The van der Waals surface area contributed by atoms with Gasteiger partial charge in [-0.3, -0.25) is 0 Å². The first-order valence-corrected chi connectivity index (χ1v) is 7.07. The van der Waals surface area contributed by atoms with Crippen LogP contribution in [0, 0.1) is 18.3 Å². The van der Waals surface area contributed by atoms with Crippen molar-refractivity contribution in [2.45, 2.75) is 57.9 Å². The summed E-state index contributed by atoms with van der Waals surface area (Å²) in [5.74, 6) is 0. The van der Waals surface area contributed by atoms with Gasteiger partial charge in [-0.2, -0.15) is 5.26 Å². The molecular weight excluding hydrogens is 220 g/mol. The van der Waals surface area contributed by atoms with Crippen molar-refractivity contribution < 1.29 is 0 Å². The Morgan fingerprint density at radius 3 is 2.39 bits per heavy atom. The van der Waals surface area contributed by atoms with E-state index in [-0.39, 0.29) is 0 Å². The third-order valence-electron chi connectivity index (χ3n) is 3.82. The van der Waals surface area contributed by atoms with Gasteiger partial charge in [0.1, 0.15) is 0 Å². The molecule has 1 aliphatic rings. The van der Waals surface area contributed by atoms with Crippen molar-refractivity contribution in [3.63, 3.8) is 0 Å². The van der Waals surface area contributed by atoms with Crippen LogP contribution in [0.25, 0.3) is 0 Å². The van der Waals surface area contributed by atoms with Gasteiger partial charge in [-0.15, -0.1) is 0 Å². The molecule has 1 aliphatic carbocycles. The molecule has 1 fully saturated rings. The second-order valence-electron chi connectivity index (χ2n) is 5.33. The fourth-order valence-corrected chi connectivity index (χ4v) is 2.72. The van der Waals surface area contributed by atoms with Crippen LogP contribution in [-0.2, 0) is 0 Å². The van der Waals surface area contributed by atoms with Crippen LogP contribution >= 0.6 is 0 Å². The van der Waals surface area contributed by atoms with Crippen molar-refractivity contribution in [3.8, 4) is 6.07 Å². The molecule has 0 heterocycles. The van der Waals surface area contributed by atoms with Gasteiger partial charge in [0.05, 0.1) is 11.6 Å². The van der Waals surface area contributed by atoms with Crippen molar-refractivity contribution in [3.05, 3.63) is 29.3 Å². The van der Waals surface area contributed by atoms with Crippen LogP contribution in [0.3, 0.4) is 0 Å². The molecule has 0 saturated heterocycles.